The summed E-state index contributed by atoms with van der Waals surface area (Å²) in [7, 11) is -3.24. The van der Waals surface area contributed by atoms with Crippen LogP contribution in [-0.4, -0.2) is 73.7 Å². The molecule has 2 aromatic carbocycles. The Balaban J connectivity index is 1.14. The van der Waals surface area contributed by atoms with Gasteiger partial charge in [0.05, 0.1) is 22.5 Å². The summed E-state index contributed by atoms with van der Waals surface area (Å²) in [5.74, 6) is 0.128. The lowest BCUT2D eigenvalue weighted by molar-refractivity contribution is -0.139. The average molecular weight is 568 g/mol. The number of sulfone groups is 1. The van der Waals surface area contributed by atoms with Crippen LogP contribution in [0.25, 0.3) is 0 Å². The molecular formula is C31H41N3O5S. The predicted molar refractivity (Wildman–Crippen MR) is 153 cm³/mol. The van der Waals surface area contributed by atoms with Crippen LogP contribution in [0, 0.1) is 11.3 Å². The maximum atomic E-state index is 13.5. The molecule has 2 heterocycles. The SMILES string of the molecule is CS(=O)(=O)c1ccc(CN2CCC3(CCN(CCC(NC(=O)C4CC[C@H](O)C4)c4ccccc4)CC3)C2=O)cc1. The molecule has 40 heavy (non-hydrogen) atoms. The van der Waals surface area contributed by atoms with Gasteiger partial charge in [-0.1, -0.05) is 42.5 Å². The second-order valence-corrected chi connectivity index (χ2v) is 14.0. The molecule has 5 rings (SSSR count). The standard InChI is InChI=1S/C31H41N3O5S/c1-40(38,39)27-11-7-23(8-12-27)22-34-20-16-31(30(34)37)14-18-33(19-15-31)17-13-28(24-5-3-2-4-6-24)32-29(36)25-9-10-26(35)21-25/h2-8,11-12,25-26,28,35H,9-10,13-22H2,1H3,(H,32,36)/t25?,26-,28?/m0/s1. The fourth-order valence-corrected chi connectivity index (χ4v) is 7.21. The van der Waals surface area contributed by atoms with Gasteiger partial charge in [0.25, 0.3) is 0 Å². The van der Waals surface area contributed by atoms with E-state index in [9.17, 15) is 23.1 Å². The summed E-state index contributed by atoms with van der Waals surface area (Å²) in [6.45, 7) is 3.78. The smallest absolute Gasteiger partial charge is 0.229 e. The van der Waals surface area contributed by atoms with E-state index in [2.05, 4.69) is 22.3 Å². The van der Waals surface area contributed by atoms with Crippen LogP contribution in [0.3, 0.4) is 0 Å². The van der Waals surface area contributed by atoms with Crippen LogP contribution in [0.5, 0.6) is 0 Å². The largest absolute Gasteiger partial charge is 0.393 e. The van der Waals surface area contributed by atoms with Crippen LogP contribution in [-0.2, 0) is 26.0 Å². The van der Waals surface area contributed by atoms with Crippen molar-refractivity contribution in [2.45, 2.75) is 68.5 Å². The van der Waals surface area contributed by atoms with E-state index >= 15 is 0 Å². The van der Waals surface area contributed by atoms with Gasteiger partial charge in [-0.3, -0.25) is 9.59 Å². The zero-order chi connectivity index (χ0) is 28.3. The minimum Gasteiger partial charge on any atom is -0.393 e. The molecule has 1 saturated carbocycles. The van der Waals surface area contributed by atoms with Gasteiger partial charge in [0.2, 0.25) is 11.8 Å². The second kappa shape index (κ2) is 12.0. The molecule has 216 valence electrons. The number of piperidine rings is 1. The average Bonchev–Trinajstić information content (AvgIpc) is 3.51. The molecule has 2 saturated heterocycles. The number of hydrogen-bond acceptors (Lipinski definition) is 6. The van der Waals surface area contributed by atoms with Crippen molar-refractivity contribution in [1.82, 2.24) is 15.1 Å². The van der Waals surface area contributed by atoms with Crippen molar-refractivity contribution in [3.63, 3.8) is 0 Å². The van der Waals surface area contributed by atoms with E-state index in [1.165, 1.54) is 6.26 Å². The van der Waals surface area contributed by atoms with E-state index in [0.29, 0.717) is 24.3 Å². The predicted octanol–water partition coefficient (Wildman–Crippen LogP) is 3.31. The van der Waals surface area contributed by atoms with Gasteiger partial charge in [-0.2, -0.15) is 0 Å². The molecule has 0 aromatic heterocycles. The number of benzene rings is 2. The molecule has 2 aromatic rings. The van der Waals surface area contributed by atoms with Gasteiger partial charge in [-0.15, -0.1) is 0 Å². The van der Waals surface area contributed by atoms with Crippen molar-refractivity contribution < 1.29 is 23.1 Å². The van der Waals surface area contributed by atoms with Crippen LogP contribution >= 0.6 is 0 Å². The summed E-state index contributed by atoms with van der Waals surface area (Å²) >= 11 is 0. The first kappa shape index (κ1) is 28.8. The number of rotatable bonds is 9. The van der Waals surface area contributed by atoms with Crippen molar-refractivity contribution in [1.29, 1.82) is 0 Å². The second-order valence-electron chi connectivity index (χ2n) is 11.9. The van der Waals surface area contributed by atoms with E-state index in [1.54, 1.807) is 24.3 Å². The molecule has 1 aliphatic carbocycles. The number of carbonyl (C=O) groups excluding carboxylic acids is 2. The Hall–Kier alpha value is -2.75. The molecule has 8 nitrogen and oxygen atoms in total. The fraction of sp³-hybridized carbons (Fsp3) is 0.548. The minimum atomic E-state index is -3.24. The third kappa shape index (κ3) is 6.58. The number of carbonyl (C=O) groups is 2. The topological polar surface area (TPSA) is 107 Å². The maximum absolute atomic E-state index is 13.5. The van der Waals surface area contributed by atoms with Crippen LogP contribution in [0.1, 0.15) is 62.1 Å². The lowest BCUT2D eigenvalue weighted by Gasteiger charge is -2.38. The quantitative estimate of drug-likeness (QED) is 0.482. The Labute approximate surface area is 237 Å². The molecule has 0 radical (unpaired) electrons. The Morgan fingerprint density at radius 3 is 2.33 bits per heavy atom. The minimum absolute atomic E-state index is 0.0330. The van der Waals surface area contributed by atoms with Crippen molar-refractivity contribution in [3.8, 4) is 0 Å². The Morgan fingerprint density at radius 2 is 1.70 bits per heavy atom. The third-order valence-electron chi connectivity index (χ3n) is 9.17. The monoisotopic (exact) mass is 567 g/mol. The highest BCUT2D eigenvalue weighted by molar-refractivity contribution is 7.90. The zero-order valence-corrected chi connectivity index (χ0v) is 24.1. The molecule has 2 unspecified atom stereocenters. The lowest BCUT2D eigenvalue weighted by atomic mass is 9.77. The van der Waals surface area contributed by atoms with E-state index < -0.39 is 9.84 Å². The summed E-state index contributed by atoms with van der Waals surface area (Å²) in [5, 5.41) is 13.1. The lowest BCUT2D eigenvalue weighted by Crippen LogP contribution is -2.45. The van der Waals surface area contributed by atoms with Crippen molar-refractivity contribution in [2.75, 3.05) is 32.4 Å². The van der Waals surface area contributed by atoms with Gasteiger partial charge in [-0.25, -0.2) is 8.42 Å². The summed E-state index contributed by atoms with van der Waals surface area (Å²) in [4.78, 5) is 31.1. The molecule has 2 aliphatic heterocycles. The highest BCUT2D eigenvalue weighted by Crippen LogP contribution is 2.42. The summed E-state index contributed by atoms with van der Waals surface area (Å²) in [5.41, 5.74) is 1.73. The van der Waals surface area contributed by atoms with Gasteiger partial charge < -0.3 is 20.2 Å². The molecule has 3 atom stereocenters. The Morgan fingerprint density at radius 1 is 1.02 bits per heavy atom. The van der Waals surface area contributed by atoms with Gasteiger partial charge in [0.15, 0.2) is 9.84 Å². The number of hydrogen-bond donors (Lipinski definition) is 2. The van der Waals surface area contributed by atoms with E-state index in [-0.39, 0.29) is 35.3 Å². The molecule has 2 amide bonds. The van der Waals surface area contributed by atoms with E-state index in [4.69, 9.17) is 0 Å². The molecule has 2 N–H and O–H groups in total. The van der Waals surface area contributed by atoms with Gasteiger partial charge >= 0.3 is 0 Å². The number of aliphatic hydroxyl groups is 1. The van der Waals surface area contributed by atoms with Gasteiger partial charge in [0, 0.05) is 31.8 Å². The number of nitrogens with one attached hydrogen (secondary N) is 1. The molecule has 0 bridgehead atoms. The summed E-state index contributed by atoms with van der Waals surface area (Å²) in [6, 6.07) is 16.8. The first-order valence-corrected chi connectivity index (χ1v) is 16.4. The number of aliphatic hydroxyl groups excluding tert-OH is 1. The molecule has 3 fully saturated rings. The van der Waals surface area contributed by atoms with Crippen LogP contribution in [0.2, 0.25) is 0 Å². The highest BCUT2D eigenvalue weighted by Gasteiger charge is 2.47. The fourth-order valence-electron chi connectivity index (χ4n) is 6.58. The first-order valence-electron chi connectivity index (χ1n) is 14.5. The van der Waals surface area contributed by atoms with E-state index in [0.717, 1.165) is 69.4 Å². The van der Waals surface area contributed by atoms with Crippen molar-refractivity contribution in [3.05, 3.63) is 65.7 Å². The number of likely N-dealkylation sites (tertiary alicyclic amines) is 2. The summed E-state index contributed by atoms with van der Waals surface area (Å²) in [6.07, 6.45) is 6.10. The van der Waals surface area contributed by atoms with E-state index in [1.807, 2.05) is 23.1 Å². The van der Waals surface area contributed by atoms with Crippen LogP contribution in [0.15, 0.2) is 59.5 Å². The number of nitrogens with zero attached hydrogens (tertiary/aromatic N) is 2. The van der Waals surface area contributed by atoms with Gasteiger partial charge in [-0.05, 0) is 81.3 Å². The summed E-state index contributed by atoms with van der Waals surface area (Å²) < 4.78 is 23.5. The molecule has 1 spiro atoms. The Bertz CT molecular complexity index is 1290. The molecule has 3 aliphatic rings. The van der Waals surface area contributed by atoms with Crippen LogP contribution in [0.4, 0.5) is 0 Å². The maximum Gasteiger partial charge on any atom is 0.229 e. The van der Waals surface area contributed by atoms with Crippen molar-refractivity contribution >= 4 is 21.7 Å². The van der Waals surface area contributed by atoms with Crippen LogP contribution < -0.4 is 5.32 Å². The Kier molecular flexibility index (Phi) is 8.63. The third-order valence-corrected chi connectivity index (χ3v) is 10.3. The normalized spacial score (nSPS) is 23.9. The highest BCUT2D eigenvalue weighted by atomic mass is 32.2. The van der Waals surface area contributed by atoms with Crippen molar-refractivity contribution in [2.24, 2.45) is 11.3 Å². The number of amides is 2. The molecular weight excluding hydrogens is 526 g/mol. The zero-order valence-electron chi connectivity index (χ0n) is 23.3. The first-order chi connectivity index (χ1) is 19.1. The molecule has 9 heteroatoms. The van der Waals surface area contributed by atoms with Gasteiger partial charge in [0.1, 0.15) is 0 Å².